The third-order valence-corrected chi connectivity index (χ3v) is 3.14. The number of anilines is 1. The fourth-order valence-corrected chi connectivity index (χ4v) is 2.34. The summed E-state index contributed by atoms with van der Waals surface area (Å²) < 4.78 is 1.04. The molecule has 2 N–H and O–H groups in total. The third-order valence-electron chi connectivity index (χ3n) is 2.65. The molecule has 0 aromatic heterocycles. The second-order valence-electron chi connectivity index (χ2n) is 4.88. The minimum Gasteiger partial charge on any atom is -0.365 e. The van der Waals surface area contributed by atoms with Crippen LogP contribution in [-0.4, -0.2) is 32.6 Å². The Kier molecular flexibility index (Phi) is 6.31. The van der Waals surface area contributed by atoms with Crippen molar-refractivity contribution < 1.29 is 4.79 Å². The molecule has 106 valence electrons. The number of halogens is 1. The molecule has 0 aliphatic heterocycles. The molecule has 0 saturated heterocycles. The summed E-state index contributed by atoms with van der Waals surface area (Å²) in [6.07, 6.45) is 0. The van der Waals surface area contributed by atoms with Gasteiger partial charge < -0.3 is 15.5 Å². The van der Waals surface area contributed by atoms with Crippen molar-refractivity contribution >= 4 is 27.5 Å². The van der Waals surface area contributed by atoms with Gasteiger partial charge in [0.15, 0.2) is 0 Å². The third kappa shape index (κ3) is 5.20. The highest BCUT2D eigenvalue weighted by Gasteiger charge is 2.12. The number of amides is 1. The maximum absolute atomic E-state index is 11.8. The Hall–Kier alpha value is -1.07. The van der Waals surface area contributed by atoms with E-state index in [4.69, 9.17) is 0 Å². The van der Waals surface area contributed by atoms with Gasteiger partial charge in [-0.3, -0.25) is 4.79 Å². The minimum atomic E-state index is 0.0378. The van der Waals surface area contributed by atoms with E-state index in [1.54, 1.807) is 0 Å². The van der Waals surface area contributed by atoms with Crippen LogP contribution in [0.2, 0.25) is 0 Å². The average molecular weight is 328 g/mol. The van der Waals surface area contributed by atoms with Gasteiger partial charge in [0.1, 0.15) is 0 Å². The SMILES string of the molecule is CNCc1cc(Br)ccc1N(C)CC(=O)NC(C)C. The molecular weight excluding hydrogens is 306 g/mol. The Bertz CT molecular complexity index is 435. The van der Waals surface area contributed by atoms with E-state index < -0.39 is 0 Å². The molecule has 0 aliphatic carbocycles. The normalized spacial score (nSPS) is 10.6. The number of carbonyl (C=O) groups excluding carboxylic acids is 1. The zero-order chi connectivity index (χ0) is 14.4. The molecular formula is C14H22BrN3O. The highest BCUT2D eigenvalue weighted by Crippen LogP contribution is 2.23. The van der Waals surface area contributed by atoms with Gasteiger partial charge in [0.25, 0.3) is 0 Å². The molecule has 0 saturated carbocycles. The van der Waals surface area contributed by atoms with Gasteiger partial charge >= 0.3 is 0 Å². The van der Waals surface area contributed by atoms with Gasteiger partial charge in [0, 0.05) is 29.8 Å². The Morgan fingerprint density at radius 2 is 2.11 bits per heavy atom. The van der Waals surface area contributed by atoms with E-state index in [9.17, 15) is 4.79 Å². The van der Waals surface area contributed by atoms with Gasteiger partial charge in [-0.15, -0.1) is 0 Å². The van der Waals surface area contributed by atoms with Gasteiger partial charge in [0.05, 0.1) is 6.54 Å². The average Bonchev–Trinajstić information content (AvgIpc) is 2.27. The lowest BCUT2D eigenvalue weighted by molar-refractivity contribution is -0.120. The Labute approximate surface area is 123 Å². The predicted octanol–water partition coefficient (Wildman–Crippen LogP) is 2.13. The number of hydrogen-bond donors (Lipinski definition) is 2. The zero-order valence-corrected chi connectivity index (χ0v) is 13.5. The van der Waals surface area contributed by atoms with Crippen LogP contribution in [0, 0.1) is 0 Å². The smallest absolute Gasteiger partial charge is 0.239 e. The Morgan fingerprint density at radius 1 is 1.42 bits per heavy atom. The number of nitrogens with zero attached hydrogens (tertiary/aromatic N) is 1. The van der Waals surface area contributed by atoms with Gasteiger partial charge in [-0.2, -0.15) is 0 Å². The number of hydrogen-bond acceptors (Lipinski definition) is 3. The molecule has 0 atom stereocenters. The lowest BCUT2D eigenvalue weighted by Crippen LogP contribution is -2.38. The van der Waals surface area contributed by atoms with E-state index in [-0.39, 0.29) is 11.9 Å². The van der Waals surface area contributed by atoms with E-state index in [1.165, 1.54) is 0 Å². The first-order valence-electron chi connectivity index (χ1n) is 6.37. The van der Waals surface area contributed by atoms with Crippen LogP contribution in [0.15, 0.2) is 22.7 Å². The summed E-state index contributed by atoms with van der Waals surface area (Å²) in [6, 6.07) is 6.26. The molecule has 0 bridgehead atoms. The maximum atomic E-state index is 11.8. The quantitative estimate of drug-likeness (QED) is 0.841. The van der Waals surface area contributed by atoms with E-state index in [1.807, 2.05) is 45.0 Å². The van der Waals surface area contributed by atoms with Crippen LogP contribution in [0.1, 0.15) is 19.4 Å². The summed E-state index contributed by atoms with van der Waals surface area (Å²) in [5, 5.41) is 6.04. The number of rotatable bonds is 6. The molecule has 0 fully saturated rings. The van der Waals surface area contributed by atoms with Crippen molar-refractivity contribution in [3.8, 4) is 0 Å². The summed E-state index contributed by atoms with van der Waals surface area (Å²) in [4.78, 5) is 13.8. The summed E-state index contributed by atoms with van der Waals surface area (Å²) >= 11 is 3.47. The molecule has 1 rings (SSSR count). The van der Waals surface area contributed by atoms with Gasteiger partial charge in [-0.1, -0.05) is 15.9 Å². The molecule has 5 heteroatoms. The van der Waals surface area contributed by atoms with Gasteiger partial charge in [0.2, 0.25) is 5.91 Å². The van der Waals surface area contributed by atoms with Crippen LogP contribution >= 0.6 is 15.9 Å². The van der Waals surface area contributed by atoms with Crippen LogP contribution in [0.5, 0.6) is 0 Å². The van der Waals surface area contributed by atoms with Crippen LogP contribution in [0.3, 0.4) is 0 Å². The van der Waals surface area contributed by atoms with Crippen molar-refractivity contribution in [1.29, 1.82) is 0 Å². The van der Waals surface area contributed by atoms with Gasteiger partial charge in [-0.25, -0.2) is 0 Å². The Morgan fingerprint density at radius 3 is 2.68 bits per heavy atom. The number of likely N-dealkylation sites (N-methyl/N-ethyl adjacent to an activating group) is 1. The Balaban J connectivity index is 2.80. The minimum absolute atomic E-state index is 0.0378. The van der Waals surface area contributed by atoms with Crippen molar-refractivity contribution in [3.63, 3.8) is 0 Å². The van der Waals surface area contributed by atoms with Crippen LogP contribution in [0.25, 0.3) is 0 Å². The number of carbonyl (C=O) groups is 1. The molecule has 1 aromatic rings. The second-order valence-corrected chi connectivity index (χ2v) is 5.80. The molecule has 4 nitrogen and oxygen atoms in total. The standard InChI is InChI=1S/C14H22BrN3O/c1-10(2)17-14(19)9-18(4)13-6-5-12(15)7-11(13)8-16-3/h5-7,10,16H,8-9H2,1-4H3,(H,17,19). The summed E-state index contributed by atoms with van der Waals surface area (Å²) in [7, 11) is 3.85. The van der Waals surface area contributed by atoms with Crippen LogP contribution in [-0.2, 0) is 11.3 Å². The van der Waals surface area contributed by atoms with Gasteiger partial charge in [-0.05, 0) is 44.7 Å². The monoisotopic (exact) mass is 327 g/mol. The van der Waals surface area contributed by atoms with Crippen molar-refractivity contribution in [2.24, 2.45) is 0 Å². The number of benzene rings is 1. The highest BCUT2D eigenvalue weighted by atomic mass is 79.9. The molecule has 0 spiro atoms. The molecule has 0 unspecified atom stereocenters. The van der Waals surface area contributed by atoms with Crippen molar-refractivity contribution in [2.75, 3.05) is 25.5 Å². The summed E-state index contributed by atoms with van der Waals surface area (Å²) in [5.74, 6) is 0.0378. The zero-order valence-electron chi connectivity index (χ0n) is 12.0. The maximum Gasteiger partial charge on any atom is 0.239 e. The molecule has 19 heavy (non-hydrogen) atoms. The molecule has 0 radical (unpaired) electrons. The van der Waals surface area contributed by atoms with Crippen molar-refractivity contribution in [3.05, 3.63) is 28.2 Å². The molecule has 0 aliphatic rings. The number of nitrogens with one attached hydrogen (secondary N) is 2. The first-order valence-corrected chi connectivity index (χ1v) is 7.17. The van der Waals surface area contributed by atoms with E-state index in [0.717, 1.165) is 22.3 Å². The molecule has 1 amide bonds. The summed E-state index contributed by atoms with van der Waals surface area (Å²) in [5.41, 5.74) is 2.23. The lowest BCUT2D eigenvalue weighted by Gasteiger charge is -2.23. The first kappa shape index (κ1) is 16.0. The first-order chi connectivity index (χ1) is 8.93. The van der Waals surface area contributed by atoms with Crippen molar-refractivity contribution in [1.82, 2.24) is 10.6 Å². The fraction of sp³-hybridized carbons (Fsp3) is 0.500. The second kappa shape index (κ2) is 7.50. The highest BCUT2D eigenvalue weighted by molar-refractivity contribution is 9.10. The largest absolute Gasteiger partial charge is 0.365 e. The van der Waals surface area contributed by atoms with Crippen LogP contribution < -0.4 is 15.5 Å². The molecule has 0 heterocycles. The van der Waals surface area contributed by atoms with Crippen LogP contribution in [0.4, 0.5) is 5.69 Å². The molecule has 1 aromatic carbocycles. The van der Waals surface area contributed by atoms with Crippen molar-refractivity contribution in [2.45, 2.75) is 26.4 Å². The van der Waals surface area contributed by atoms with E-state index >= 15 is 0 Å². The van der Waals surface area contributed by atoms with E-state index in [0.29, 0.717) is 6.54 Å². The fourth-order valence-electron chi connectivity index (χ4n) is 1.93. The lowest BCUT2D eigenvalue weighted by atomic mass is 10.1. The topological polar surface area (TPSA) is 44.4 Å². The summed E-state index contributed by atoms with van der Waals surface area (Å²) in [6.45, 7) is 5.05. The van der Waals surface area contributed by atoms with E-state index in [2.05, 4.69) is 32.6 Å². The predicted molar refractivity (Wildman–Crippen MR) is 83.5 cm³/mol.